The zero-order valence-corrected chi connectivity index (χ0v) is 8.92. The van der Waals surface area contributed by atoms with E-state index in [9.17, 15) is 8.42 Å². The fourth-order valence-corrected chi connectivity index (χ4v) is 3.43. The smallest absolute Gasteiger partial charge is 0.151 e. The minimum absolute atomic E-state index is 0.00948. The molecular formula is C8H9ClN2O2S. The summed E-state index contributed by atoms with van der Waals surface area (Å²) in [5.74, 6) is 0.426. The normalized spacial score (nSPS) is 25.1. The largest absolute Gasteiger partial charge is 0.229 e. The molecule has 0 aliphatic carbocycles. The Hall–Kier alpha value is -0.680. The van der Waals surface area contributed by atoms with Crippen molar-refractivity contribution in [3.05, 3.63) is 23.0 Å². The van der Waals surface area contributed by atoms with Crippen LogP contribution in [-0.2, 0) is 9.84 Å². The predicted molar refractivity (Wildman–Crippen MR) is 53.1 cm³/mol. The number of halogens is 1. The van der Waals surface area contributed by atoms with Gasteiger partial charge < -0.3 is 0 Å². The average molecular weight is 233 g/mol. The highest BCUT2D eigenvalue weighted by Gasteiger charge is 2.29. The molecule has 0 bridgehead atoms. The lowest BCUT2D eigenvalue weighted by atomic mass is 10.1. The average Bonchev–Trinajstić information content (AvgIpc) is 2.47. The van der Waals surface area contributed by atoms with Gasteiger partial charge in [0.1, 0.15) is 0 Å². The van der Waals surface area contributed by atoms with Crippen molar-refractivity contribution in [1.82, 2.24) is 10.2 Å². The topological polar surface area (TPSA) is 59.9 Å². The monoisotopic (exact) mass is 232 g/mol. The van der Waals surface area contributed by atoms with Crippen molar-refractivity contribution in [2.24, 2.45) is 0 Å². The van der Waals surface area contributed by atoms with Gasteiger partial charge >= 0.3 is 0 Å². The molecule has 1 unspecified atom stereocenters. The minimum atomic E-state index is -2.85. The molecule has 1 saturated heterocycles. The van der Waals surface area contributed by atoms with Crippen LogP contribution in [0.25, 0.3) is 0 Å². The maximum atomic E-state index is 11.2. The third kappa shape index (κ3) is 2.04. The zero-order chi connectivity index (χ0) is 10.2. The molecule has 2 heterocycles. The Bertz CT molecular complexity index is 429. The van der Waals surface area contributed by atoms with Gasteiger partial charge in [-0.15, -0.1) is 5.10 Å². The van der Waals surface area contributed by atoms with Crippen LogP contribution in [0.2, 0.25) is 5.15 Å². The molecule has 0 N–H and O–H groups in total. The third-order valence-corrected chi connectivity index (χ3v) is 4.27. The molecule has 0 amide bonds. The van der Waals surface area contributed by atoms with E-state index in [0.717, 1.165) is 5.69 Å². The second kappa shape index (κ2) is 3.47. The Kier molecular flexibility index (Phi) is 2.45. The summed E-state index contributed by atoms with van der Waals surface area (Å²) in [4.78, 5) is 0. The van der Waals surface area contributed by atoms with Crippen LogP contribution in [0.4, 0.5) is 0 Å². The lowest BCUT2D eigenvalue weighted by molar-refractivity contribution is 0.601. The summed E-state index contributed by atoms with van der Waals surface area (Å²) in [5.41, 5.74) is 0.718. The summed E-state index contributed by atoms with van der Waals surface area (Å²) in [7, 11) is -2.85. The summed E-state index contributed by atoms with van der Waals surface area (Å²) in [6, 6.07) is 3.37. The maximum absolute atomic E-state index is 11.2. The summed E-state index contributed by atoms with van der Waals surface area (Å²) in [6.07, 6.45) is 0.638. The van der Waals surface area contributed by atoms with Gasteiger partial charge in [-0.3, -0.25) is 0 Å². The number of nitrogens with zero attached hydrogens (tertiary/aromatic N) is 2. The summed E-state index contributed by atoms with van der Waals surface area (Å²) >= 11 is 5.58. The van der Waals surface area contributed by atoms with Crippen LogP contribution in [0, 0.1) is 0 Å². The van der Waals surface area contributed by atoms with Crippen LogP contribution >= 0.6 is 11.6 Å². The molecule has 0 spiro atoms. The molecule has 2 rings (SSSR count). The van der Waals surface area contributed by atoms with Crippen molar-refractivity contribution in [1.29, 1.82) is 0 Å². The second-order valence-electron chi connectivity index (χ2n) is 3.38. The SMILES string of the molecule is O=S1(=O)CCC(c2ccc(Cl)nn2)C1. The van der Waals surface area contributed by atoms with Crippen molar-refractivity contribution >= 4 is 21.4 Å². The van der Waals surface area contributed by atoms with E-state index in [4.69, 9.17) is 11.6 Å². The van der Waals surface area contributed by atoms with E-state index in [1.165, 1.54) is 0 Å². The van der Waals surface area contributed by atoms with Crippen molar-refractivity contribution in [2.75, 3.05) is 11.5 Å². The molecule has 0 saturated carbocycles. The van der Waals surface area contributed by atoms with E-state index in [2.05, 4.69) is 10.2 Å². The quantitative estimate of drug-likeness (QED) is 0.726. The molecular weight excluding hydrogens is 224 g/mol. The van der Waals surface area contributed by atoms with Crippen LogP contribution < -0.4 is 0 Å². The fraction of sp³-hybridized carbons (Fsp3) is 0.500. The highest BCUT2D eigenvalue weighted by Crippen LogP contribution is 2.27. The first-order valence-corrected chi connectivity index (χ1v) is 6.46. The van der Waals surface area contributed by atoms with Gasteiger partial charge in [0.15, 0.2) is 15.0 Å². The summed E-state index contributed by atoms with van der Waals surface area (Å²) in [5, 5.41) is 7.90. The van der Waals surface area contributed by atoms with Gasteiger partial charge in [-0.05, 0) is 18.6 Å². The van der Waals surface area contributed by atoms with E-state index in [0.29, 0.717) is 11.6 Å². The number of hydrogen-bond acceptors (Lipinski definition) is 4. The summed E-state index contributed by atoms with van der Waals surface area (Å²) in [6.45, 7) is 0. The number of sulfone groups is 1. The van der Waals surface area contributed by atoms with E-state index in [1.54, 1.807) is 12.1 Å². The highest BCUT2D eigenvalue weighted by molar-refractivity contribution is 7.91. The first kappa shape index (κ1) is 9.86. The van der Waals surface area contributed by atoms with Crippen LogP contribution in [-0.4, -0.2) is 30.1 Å². The predicted octanol–water partition coefficient (Wildman–Crippen LogP) is 1.03. The molecule has 4 nitrogen and oxygen atoms in total. The molecule has 1 fully saturated rings. The lowest BCUT2D eigenvalue weighted by Gasteiger charge is -2.04. The van der Waals surface area contributed by atoms with Gasteiger partial charge in [0, 0.05) is 5.92 Å². The molecule has 6 heteroatoms. The minimum Gasteiger partial charge on any atom is -0.229 e. The van der Waals surface area contributed by atoms with Gasteiger partial charge in [0.2, 0.25) is 0 Å². The van der Waals surface area contributed by atoms with E-state index in [-0.39, 0.29) is 17.4 Å². The van der Waals surface area contributed by atoms with Crippen LogP contribution in [0.5, 0.6) is 0 Å². The van der Waals surface area contributed by atoms with E-state index >= 15 is 0 Å². The molecule has 1 aromatic rings. The summed E-state index contributed by atoms with van der Waals surface area (Å²) < 4.78 is 22.4. The van der Waals surface area contributed by atoms with Gasteiger partial charge in [0.25, 0.3) is 0 Å². The molecule has 0 aromatic carbocycles. The Morgan fingerprint density at radius 3 is 2.64 bits per heavy atom. The molecule has 14 heavy (non-hydrogen) atoms. The number of rotatable bonds is 1. The Labute approximate surface area is 87.2 Å². The first-order chi connectivity index (χ1) is 6.57. The van der Waals surface area contributed by atoms with Crippen molar-refractivity contribution in [3.63, 3.8) is 0 Å². The van der Waals surface area contributed by atoms with E-state index in [1.807, 2.05) is 0 Å². The van der Waals surface area contributed by atoms with Crippen LogP contribution in [0.3, 0.4) is 0 Å². The Morgan fingerprint density at radius 1 is 1.36 bits per heavy atom. The molecule has 0 radical (unpaired) electrons. The number of aromatic nitrogens is 2. The Morgan fingerprint density at radius 2 is 2.14 bits per heavy atom. The first-order valence-electron chi connectivity index (χ1n) is 4.26. The Balaban J connectivity index is 2.22. The maximum Gasteiger partial charge on any atom is 0.151 e. The van der Waals surface area contributed by atoms with Gasteiger partial charge in [0.05, 0.1) is 17.2 Å². The zero-order valence-electron chi connectivity index (χ0n) is 7.35. The molecule has 1 atom stereocenters. The lowest BCUT2D eigenvalue weighted by Crippen LogP contribution is -2.05. The van der Waals surface area contributed by atoms with Gasteiger partial charge in [-0.2, -0.15) is 5.10 Å². The van der Waals surface area contributed by atoms with Crippen molar-refractivity contribution in [3.8, 4) is 0 Å². The van der Waals surface area contributed by atoms with Crippen molar-refractivity contribution in [2.45, 2.75) is 12.3 Å². The number of hydrogen-bond donors (Lipinski definition) is 0. The molecule has 1 aromatic heterocycles. The standard InChI is InChI=1S/C8H9ClN2O2S/c9-8-2-1-7(10-11-8)6-3-4-14(12,13)5-6/h1-2,6H,3-5H2. The molecule has 1 aliphatic rings. The van der Waals surface area contributed by atoms with Gasteiger partial charge in [-0.1, -0.05) is 11.6 Å². The van der Waals surface area contributed by atoms with Crippen LogP contribution in [0.1, 0.15) is 18.0 Å². The second-order valence-corrected chi connectivity index (χ2v) is 6.00. The molecule has 1 aliphatic heterocycles. The fourth-order valence-electron chi connectivity index (χ4n) is 1.57. The molecule has 76 valence electrons. The highest BCUT2D eigenvalue weighted by atomic mass is 35.5. The van der Waals surface area contributed by atoms with Crippen LogP contribution in [0.15, 0.2) is 12.1 Å². The van der Waals surface area contributed by atoms with Gasteiger partial charge in [-0.25, -0.2) is 8.42 Å². The van der Waals surface area contributed by atoms with E-state index < -0.39 is 9.84 Å². The third-order valence-electron chi connectivity index (χ3n) is 2.30. The van der Waals surface area contributed by atoms with Crippen molar-refractivity contribution < 1.29 is 8.42 Å².